The highest BCUT2D eigenvalue weighted by Gasteiger charge is 2.62. The molecule has 0 unspecified atom stereocenters. The van der Waals surface area contributed by atoms with Gasteiger partial charge in [-0.2, -0.15) is 50.5 Å². The van der Waals surface area contributed by atoms with Gasteiger partial charge in [-0.3, -0.25) is 27.3 Å². The van der Waals surface area contributed by atoms with E-state index in [0.29, 0.717) is 0 Å². The maximum atomic E-state index is 13.3. The summed E-state index contributed by atoms with van der Waals surface area (Å²) in [5, 5.41) is 32.3. The summed E-state index contributed by atoms with van der Waals surface area (Å²) >= 11 is 0. The molecule has 5 rings (SSSR count). The van der Waals surface area contributed by atoms with Gasteiger partial charge in [0, 0.05) is 49.3 Å². The summed E-state index contributed by atoms with van der Waals surface area (Å²) in [6.45, 7) is -2.84. The Kier molecular flexibility index (Phi) is 27.8. The fraction of sp³-hybridized carbons (Fsp3) is 0.947. The lowest BCUT2D eigenvalue weighted by molar-refractivity contribution is -0.386. The molecule has 0 aliphatic carbocycles. The summed E-state index contributed by atoms with van der Waals surface area (Å²) in [4.78, 5) is 26.4. The molecule has 0 aromatic rings. The van der Waals surface area contributed by atoms with Crippen molar-refractivity contribution >= 4 is 74.3 Å². The summed E-state index contributed by atoms with van der Waals surface area (Å²) in [6.07, 6.45) is -54.1. The predicted molar refractivity (Wildman–Crippen MR) is 270 cm³/mol. The molecule has 5 heterocycles. The van der Waals surface area contributed by atoms with Crippen LogP contribution in [0.1, 0.15) is 6.92 Å². The zero-order chi connectivity index (χ0) is 68.0. The second-order valence-corrected chi connectivity index (χ2v) is 25.3. The quantitative estimate of drug-likeness (QED) is 0.0273. The average molecular weight is 1450 g/mol. The van der Waals surface area contributed by atoms with Crippen LogP contribution in [0.3, 0.4) is 0 Å². The van der Waals surface area contributed by atoms with E-state index < -0.39 is 248 Å². The molecule has 0 saturated carbocycles. The second-order valence-electron chi connectivity index (χ2n) is 18.9. The highest BCUT2D eigenvalue weighted by molar-refractivity contribution is 7.82. The molecule has 25 atom stereocenters. The smallest absolute Gasteiger partial charge is 0.397 e. The molecule has 52 heteroatoms. The monoisotopic (exact) mass is 1450 g/mol. The summed E-state index contributed by atoms with van der Waals surface area (Å²) in [5.41, 5.74) is 6.31. The first-order valence-corrected chi connectivity index (χ1v) is 33.1. The first kappa shape index (κ1) is 78.1. The summed E-state index contributed by atoms with van der Waals surface area (Å²) in [6, 6.07) is -1.62. The van der Waals surface area contributed by atoms with Crippen molar-refractivity contribution in [3.8, 4) is 0 Å². The van der Waals surface area contributed by atoms with Gasteiger partial charge >= 0.3 is 74.3 Å². The Balaban J connectivity index is 1.60. The number of rotatable bonds is 33. The molecule has 90 heavy (non-hydrogen) atoms. The first-order valence-electron chi connectivity index (χ1n) is 24.9. The van der Waals surface area contributed by atoms with Gasteiger partial charge in [0.2, 0.25) is 0 Å². The van der Waals surface area contributed by atoms with Crippen molar-refractivity contribution in [1.82, 2.24) is 0 Å². The van der Waals surface area contributed by atoms with Crippen LogP contribution in [0, 0.1) is 0 Å². The largest absolute Gasteiger partial charge is 0.479 e. The number of carbonyl (C=O) groups is 2. The third kappa shape index (κ3) is 21.2. The van der Waals surface area contributed by atoms with Crippen molar-refractivity contribution in [2.45, 2.75) is 160 Å². The third-order valence-corrected chi connectivity index (χ3v) is 16.0. The van der Waals surface area contributed by atoms with Crippen molar-refractivity contribution in [2.75, 3.05) is 69.1 Å². The van der Waals surface area contributed by atoms with Crippen molar-refractivity contribution in [2.24, 2.45) is 5.73 Å². The first-order chi connectivity index (χ1) is 41.5. The molecule has 0 radical (unpaired) electrons. The lowest BCUT2D eigenvalue weighted by Gasteiger charge is -2.51. The lowest BCUT2D eigenvalue weighted by atomic mass is 9.94. The van der Waals surface area contributed by atoms with E-state index in [4.69, 9.17) is 89.9 Å². The van der Waals surface area contributed by atoms with Crippen molar-refractivity contribution < 1.29 is 204 Å². The highest BCUT2D eigenvalue weighted by atomic mass is 32.3. The maximum Gasteiger partial charge on any atom is 0.397 e. The Morgan fingerprint density at radius 2 is 0.689 bits per heavy atom. The molecule has 5 aliphatic rings. The number of methoxy groups -OCH3 is 6. The SMILES string of the molecule is CCO[C@@H]1[C@@H](N)[C@@H](O[C@H]2[C@H](OC)[C@@H](OC)[C@H](O[C@H]3[C@H](OS(=O)(=O)O)[C@@H](OS(=O)(=O)O)[C@@H](O[C@H]4[C@H](OC)[C@@H](OC)[C@@H](O[C@H]5[C@H](OC)[C@@H](OS(=O)(=O)O)[C@@H](OC)O[C@@H]5COS(=O)(=O)O)O[C@@H]4C(=O)O)O[C@@H]3COS(=O)(=O)O)O[C@@H]2C(=O)O)O[C@H](COS(=O)(=O)O)[C@H]1O. The van der Waals surface area contributed by atoms with Crippen LogP contribution >= 0.6 is 0 Å². The van der Waals surface area contributed by atoms with Crippen LogP contribution in [0.4, 0.5) is 0 Å². The van der Waals surface area contributed by atoms with E-state index in [-0.39, 0.29) is 6.61 Å². The summed E-state index contributed by atoms with van der Waals surface area (Å²) in [5.74, 6) is -4.14. The molecule has 5 aliphatic heterocycles. The van der Waals surface area contributed by atoms with Crippen LogP contribution in [-0.4, -0.2) is 328 Å². The van der Waals surface area contributed by atoms with Gasteiger partial charge in [-0.05, 0) is 6.92 Å². The van der Waals surface area contributed by atoms with Gasteiger partial charge in [0.15, 0.2) is 55.9 Å². The number of carboxylic acids is 2. The number of nitrogens with two attached hydrogens (primary N) is 1. The minimum absolute atomic E-state index is 0.176. The Morgan fingerprint density at radius 1 is 0.378 bits per heavy atom. The van der Waals surface area contributed by atoms with Crippen LogP contribution in [-0.2, 0) is 173 Å². The highest BCUT2D eigenvalue weighted by Crippen LogP contribution is 2.41. The molecule has 528 valence electrons. The molecule has 0 spiro atoms. The topological polar surface area (TPSA) is 650 Å². The molecular weight excluding hydrogens is 1380 g/mol. The van der Waals surface area contributed by atoms with Crippen LogP contribution in [0.2, 0.25) is 0 Å². The van der Waals surface area contributed by atoms with E-state index in [0.717, 1.165) is 42.7 Å². The van der Waals surface area contributed by atoms with Gasteiger partial charge in [-0.25, -0.2) is 34.7 Å². The molecule has 5 saturated heterocycles. The molecule has 0 aromatic carbocycles. The third-order valence-electron chi connectivity index (χ3n) is 13.3. The number of aliphatic carboxylic acids is 2. The van der Waals surface area contributed by atoms with E-state index in [9.17, 15) is 103 Å². The second kappa shape index (κ2) is 32.0. The number of aliphatic hydroxyl groups is 1. The number of ether oxygens (including phenoxy) is 16. The molecular formula is C38H65NO45S6. The minimum atomic E-state index is -6.14. The fourth-order valence-electron chi connectivity index (χ4n) is 9.90. The molecule has 0 amide bonds. The Labute approximate surface area is 511 Å². The van der Waals surface area contributed by atoms with Gasteiger partial charge in [0.1, 0.15) is 91.6 Å². The van der Waals surface area contributed by atoms with Crippen LogP contribution in [0.5, 0.6) is 0 Å². The molecule has 0 bridgehead atoms. The van der Waals surface area contributed by atoms with Crippen molar-refractivity contribution in [3.63, 3.8) is 0 Å². The average Bonchev–Trinajstić information content (AvgIpc) is 0.768. The number of aliphatic hydroxyl groups excluding tert-OH is 1. The van der Waals surface area contributed by atoms with Gasteiger partial charge in [-0.15, -0.1) is 0 Å². The Morgan fingerprint density at radius 3 is 1.04 bits per heavy atom. The van der Waals surface area contributed by atoms with Crippen molar-refractivity contribution in [1.29, 1.82) is 0 Å². The Hall–Kier alpha value is -2.56. The van der Waals surface area contributed by atoms with Crippen LogP contribution in [0.25, 0.3) is 0 Å². The number of carboxylic acid groups (broad SMARTS) is 2. The lowest BCUT2D eigenvalue weighted by Crippen LogP contribution is -2.70. The Bertz CT molecular complexity index is 3070. The van der Waals surface area contributed by atoms with E-state index >= 15 is 0 Å². The summed E-state index contributed by atoms with van der Waals surface area (Å²) < 4.78 is 322. The van der Waals surface area contributed by atoms with E-state index in [2.05, 4.69) is 16.7 Å². The zero-order valence-electron chi connectivity index (χ0n) is 47.0. The van der Waals surface area contributed by atoms with Crippen molar-refractivity contribution in [3.05, 3.63) is 0 Å². The fourth-order valence-corrected chi connectivity index (χ4v) is 12.3. The number of hydrogen-bond donors (Lipinski definition) is 10. The van der Waals surface area contributed by atoms with Gasteiger partial charge in [0.05, 0.1) is 25.9 Å². The zero-order valence-corrected chi connectivity index (χ0v) is 51.9. The molecule has 0 aromatic heterocycles. The van der Waals surface area contributed by atoms with Crippen LogP contribution in [0.15, 0.2) is 0 Å². The van der Waals surface area contributed by atoms with Crippen LogP contribution < -0.4 is 5.73 Å². The molecule has 46 nitrogen and oxygen atoms in total. The van der Waals surface area contributed by atoms with Gasteiger partial charge in [0.25, 0.3) is 0 Å². The normalized spacial score (nSPS) is 38.6. The van der Waals surface area contributed by atoms with E-state index in [1.165, 1.54) is 6.92 Å². The molecule has 5 fully saturated rings. The standard InChI is InChI=1S/C38H65NO45S6/c1-8-69-19-15(39)34(73-12(16(19)40)9-70-85(45,46)47)78-23-21(64-3)28(66-5)37(80-26(23)32(41)42)77-18-14(11-72-87(51,52)53)75-38(31(84-90(60,61)62)25(18)82-88(54,55)56)79-24-22(65-4)29(67-6)36(81-27(24)33(43)44)76-17-13(10-71-86(48,49)50)74-35(68-7)30(20(17)63-2)83-89(57,58)59/h12-31,34-38,40H,8-11,39H2,1-7H3,(H,41,42)(H,43,44)(H,45,46,47)(H,48,49,50)(H,51,52,53)(H,54,55,56)(H,57,58,59)(H,60,61,62)/t12-,13-,14-,15-,16-,17-,18-,19-,20+,21+,22+,23+,24+,25+,26+,27+,28-,29-,30-,31-,34-,35+,36+,37-,38-/m1/s1. The molecule has 11 N–H and O–H groups in total. The van der Waals surface area contributed by atoms with Gasteiger partial charge in [-0.1, -0.05) is 0 Å². The summed E-state index contributed by atoms with van der Waals surface area (Å²) in [7, 11) is -28.8. The van der Waals surface area contributed by atoms with Gasteiger partial charge < -0.3 is 96.8 Å². The van der Waals surface area contributed by atoms with E-state index in [1.54, 1.807) is 0 Å². The number of hydrogen-bond acceptors (Lipinski definition) is 38. The van der Waals surface area contributed by atoms with E-state index in [1.807, 2.05) is 0 Å². The maximum absolute atomic E-state index is 13.3. The minimum Gasteiger partial charge on any atom is -0.479 e. The predicted octanol–water partition coefficient (Wildman–Crippen LogP) is -7.84.